The lowest BCUT2D eigenvalue weighted by Gasteiger charge is -1.79. The molecule has 2 aromatic rings. The normalized spacial score (nSPS) is 10.2. The van der Waals surface area contributed by atoms with Crippen LogP contribution in [0.15, 0.2) is 22.9 Å². The Hall–Kier alpha value is -1.71. The molecule has 4 nitrogen and oxygen atoms in total. The second-order valence-electron chi connectivity index (χ2n) is 2.01. The van der Waals surface area contributed by atoms with E-state index in [1.54, 1.807) is 12.3 Å². The summed E-state index contributed by atoms with van der Waals surface area (Å²) in [5.41, 5.74) is 1.19. The number of pyridine rings is 1. The molecule has 0 radical (unpaired) electrons. The average Bonchev–Trinajstić information content (AvgIpc) is 2.46. The molecule has 0 atom stereocenters. The lowest BCUT2D eigenvalue weighted by molar-refractivity contribution is 0.109. The lowest BCUT2D eigenvalue weighted by atomic mass is 10.4. The number of hydrogen-bond acceptors (Lipinski definition) is 4. The van der Waals surface area contributed by atoms with E-state index < -0.39 is 0 Å². The fourth-order valence-electron chi connectivity index (χ4n) is 0.848. The third-order valence-electron chi connectivity index (χ3n) is 1.31. The van der Waals surface area contributed by atoms with Gasteiger partial charge in [-0.2, -0.15) is 0 Å². The molecule has 0 aliphatic heterocycles. The summed E-state index contributed by atoms with van der Waals surface area (Å²) in [5.74, 6) is 0.0907. The average molecular weight is 148 g/mol. The van der Waals surface area contributed by atoms with E-state index in [0.717, 1.165) is 0 Å². The Labute approximate surface area is 61.9 Å². The largest absolute Gasteiger partial charge is 0.432 e. The van der Waals surface area contributed by atoms with Crippen LogP contribution in [0.2, 0.25) is 0 Å². The van der Waals surface area contributed by atoms with Gasteiger partial charge in [-0.05, 0) is 6.07 Å². The molecule has 0 aromatic carbocycles. The molecular weight excluding hydrogens is 144 g/mol. The second-order valence-corrected chi connectivity index (χ2v) is 2.01. The number of carbonyl (C=O) groups excluding carboxylic acids is 1. The van der Waals surface area contributed by atoms with Gasteiger partial charge in [-0.15, -0.1) is 0 Å². The second kappa shape index (κ2) is 2.16. The predicted octanol–water partition coefficient (Wildman–Crippen LogP) is 1.04. The van der Waals surface area contributed by atoms with Crippen LogP contribution in [0.4, 0.5) is 0 Å². The van der Waals surface area contributed by atoms with Gasteiger partial charge in [0, 0.05) is 6.20 Å². The SMILES string of the molecule is O=Cc1nc2ccncc2o1. The summed E-state index contributed by atoms with van der Waals surface area (Å²) in [5, 5.41) is 0. The number of nitrogens with zero attached hydrogens (tertiary/aromatic N) is 2. The van der Waals surface area contributed by atoms with Crippen LogP contribution in [-0.2, 0) is 0 Å². The third kappa shape index (κ3) is 0.881. The number of rotatable bonds is 1. The lowest BCUT2D eigenvalue weighted by Crippen LogP contribution is -1.74. The van der Waals surface area contributed by atoms with E-state index in [4.69, 9.17) is 4.42 Å². The van der Waals surface area contributed by atoms with Crippen molar-refractivity contribution in [3.63, 3.8) is 0 Å². The van der Waals surface area contributed by atoms with Gasteiger partial charge in [-0.3, -0.25) is 9.78 Å². The van der Waals surface area contributed by atoms with Crippen LogP contribution >= 0.6 is 0 Å². The minimum absolute atomic E-state index is 0.0907. The molecule has 2 heterocycles. The van der Waals surface area contributed by atoms with Crippen LogP contribution in [0.1, 0.15) is 10.7 Å². The van der Waals surface area contributed by atoms with E-state index in [0.29, 0.717) is 17.4 Å². The van der Waals surface area contributed by atoms with Gasteiger partial charge in [0.15, 0.2) is 5.58 Å². The maximum atomic E-state index is 10.2. The third-order valence-corrected chi connectivity index (χ3v) is 1.31. The fraction of sp³-hybridized carbons (Fsp3) is 0. The zero-order valence-corrected chi connectivity index (χ0v) is 5.52. The van der Waals surface area contributed by atoms with E-state index in [2.05, 4.69) is 9.97 Å². The molecule has 2 aromatic heterocycles. The molecule has 4 heteroatoms. The van der Waals surface area contributed by atoms with Crippen LogP contribution in [0.3, 0.4) is 0 Å². The molecule has 0 unspecified atom stereocenters. The van der Waals surface area contributed by atoms with E-state index >= 15 is 0 Å². The van der Waals surface area contributed by atoms with Gasteiger partial charge in [0.2, 0.25) is 6.29 Å². The van der Waals surface area contributed by atoms with Crippen LogP contribution < -0.4 is 0 Å². The molecule has 0 bridgehead atoms. The molecule has 0 fully saturated rings. The molecule has 0 saturated heterocycles. The zero-order valence-electron chi connectivity index (χ0n) is 5.52. The molecule has 0 amide bonds. The monoisotopic (exact) mass is 148 g/mol. The van der Waals surface area contributed by atoms with E-state index in [-0.39, 0.29) is 5.89 Å². The first-order valence-electron chi connectivity index (χ1n) is 3.06. The highest BCUT2D eigenvalue weighted by Gasteiger charge is 2.01. The highest BCUT2D eigenvalue weighted by atomic mass is 16.4. The Bertz CT molecular complexity index is 361. The van der Waals surface area contributed by atoms with Crippen LogP contribution in [0.5, 0.6) is 0 Å². The fourth-order valence-corrected chi connectivity index (χ4v) is 0.848. The number of aldehydes is 1. The van der Waals surface area contributed by atoms with Crippen molar-refractivity contribution in [2.45, 2.75) is 0 Å². The summed E-state index contributed by atoms with van der Waals surface area (Å²) in [7, 11) is 0. The zero-order chi connectivity index (χ0) is 7.68. The Morgan fingerprint density at radius 2 is 2.45 bits per heavy atom. The maximum absolute atomic E-state index is 10.2. The molecular formula is C7H4N2O2. The molecule has 0 spiro atoms. The maximum Gasteiger partial charge on any atom is 0.260 e. The Kier molecular flexibility index (Phi) is 1.18. The minimum Gasteiger partial charge on any atom is -0.432 e. The van der Waals surface area contributed by atoms with E-state index in [9.17, 15) is 4.79 Å². The first-order chi connectivity index (χ1) is 5.40. The Morgan fingerprint density at radius 1 is 1.55 bits per heavy atom. The van der Waals surface area contributed by atoms with Gasteiger partial charge in [0.05, 0.1) is 6.20 Å². The van der Waals surface area contributed by atoms with Gasteiger partial charge in [0.25, 0.3) is 5.89 Å². The van der Waals surface area contributed by atoms with Crippen LogP contribution in [0, 0.1) is 0 Å². The molecule has 0 N–H and O–H groups in total. The van der Waals surface area contributed by atoms with Crippen molar-refractivity contribution in [2.24, 2.45) is 0 Å². The summed E-state index contributed by atoms with van der Waals surface area (Å²) >= 11 is 0. The Balaban J connectivity index is 2.78. The van der Waals surface area contributed by atoms with Crippen molar-refractivity contribution in [3.05, 3.63) is 24.4 Å². The van der Waals surface area contributed by atoms with E-state index in [1.165, 1.54) is 6.20 Å². The van der Waals surface area contributed by atoms with E-state index in [1.807, 2.05) is 0 Å². The number of fused-ring (bicyclic) bond motifs is 1. The number of hydrogen-bond donors (Lipinski definition) is 0. The van der Waals surface area contributed by atoms with Gasteiger partial charge in [-0.25, -0.2) is 4.98 Å². The van der Waals surface area contributed by atoms with Crippen molar-refractivity contribution in [2.75, 3.05) is 0 Å². The molecule has 0 saturated carbocycles. The van der Waals surface area contributed by atoms with Crippen molar-refractivity contribution in [1.29, 1.82) is 0 Å². The highest BCUT2D eigenvalue weighted by Crippen LogP contribution is 2.11. The van der Waals surface area contributed by atoms with Crippen molar-refractivity contribution < 1.29 is 9.21 Å². The molecule has 0 aliphatic rings. The molecule has 54 valence electrons. The van der Waals surface area contributed by atoms with Gasteiger partial charge < -0.3 is 4.42 Å². The number of oxazole rings is 1. The topological polar surface area (TPSA) is 56.0 Å². The van der Waals surface area contributed by atoms with Crippen molar-refractivity contribution in [3.8, 4) is 0 Å². The smallest absolute Gasteiger partial charge is 0.260 e. The summed E-state index contributed by atoms with van der Waals surface area (Å²) in [6.45, 7) is 0. The summed E-state index contributed by atoms with van der Waals surface area (Å²) in [4.78, 5) is 17.9. The van der Waals surface area contributed by atoms with Gasteiger partial charge >= 0.3 is 0 Å². The summed E-state index contributed by atoms with van der Waals surface area (Å²) < 4.78 is 4.98. The first kappa shape index (κ1) is 6.03. The predicted molar refractivity (Wildman–Crippen MR) is 37.2 cm³/mol. The molecule has 11 heavy (non-hydrogen) atoms. The first-order valence-corrected chi connectivity index (χ1v) is 3.06. The van der Waals surface area contributed by atoms with Gasteiger partial charge in [0.1, 0.15) is 5.52 Å². The van der Waals surface area contributed by atoms with Crippen LogP contribution in [-0.4, -0.2) is 16.3 Å². The van der Waals surface area contributed by atoms with Crippen molar-refractivity contribution in [1.82, 2.24) is 9.97 Å². The minimum atomic E-state index is 0.0907. The summed E-state index contributed by atoms with van der Waals surface area (Å²) in [6, 6.07) is 1.69. The number of carbonyl (C=O) groups is 1. The Morgan fingerprint density at radius 3 is 3.18 bits per heavy atom. The standard InChI is InChI=1S/C7H4N2O2/c10-4-7-9-5-1-2-8-3-6(5)11-7/h1-4H. The highest BCUT2D eigenvalue weighted by molar-refractivity contribution is 5.77. The van der Waals surface area contributed by atoms with Gasteiger partial charge in [-0.1, -0.05) is 0 Å². The summed E-state index contributed by atoms with van der Waals surface area (Å²) in [6.07, 6.45) is 3.69. The molecule has 0 aliphatic carbocycles. The van der Waals surface area contributed by atoms with Crippen LogP contribution in [0.25, 0.3) is 11.1 Å². The van der Waals surface area contributed by atoms with Crippen molar-refractivity contribution >= 4 is 17.4 Å². The quantitative estimate of drug-likeness (QED) is 0.567. The number of aromatic nitrogens is 2. The molecule has 2 rings (SSSR count).